The zero-order valence-corrected chi connectivity index (χ0v) is 20.1. The Morgan fingerprint density at radius 3 is 2.61 bits per heavy atom. The van der Waals surface area contributed by atoms with Gasteiger partial charge in [-0.15, -0.1) is 0 Å². The molecule has 7 nitrogen and oxygen atoms in total. The fourth-order valence-electron chi connectivity index (χ4n) is 4.55. The Kier molecular flexibility index (Phi) is 6.79. The number of nitrogens with zero attached hydrogens (tertiary/aromatic N) is 4. The van der Waals surface area contributed by atoms with Crippen LogP contribution in [0.2, 0.25) is 0 Å². The Morgan fingerprint density at radius 1 is 1.15 bits per heavy atom. The van der Waals surface area contributed by atoms with E-state index in [9.17, 15) is 4.79 Å². The average Bonchev–Trinajstić information content (AvgIpc) is 3.19. The normalized spacial score (nSPS) is 15.4. The quantitative estimate of drug-likeness (QED) is 0.538. The minimum atomic E-state index is 0.163. The van der Waals surface area contributed by atoms with Gasteiger partial charge in [0.1, 0.15) is 5.82 Å². The molecule has 7 heteroatoms. The van der Waals surface area contributed by atoms with Crippen molar-refractivity contribution in [1.29, 1.82) is 0 Å². The summed E-state index contributed by atoms with van der Waals surface area (Å²) in [6, 6.07) is 10.6. The van der Waals surface area contributed by atoms with E-state index in [0.29, 0.717) is 5.82 Å². The van der Waals surface area contributed by atoms with Crippen LogP contribution in [0.15, 0.2) is 35.3 Å². The van der Waals surface area contributed by atoms with Crippen LogP contribution in [0.5, 0.6) is 0 Å². The monoisotopic (exact) mass is 446 g/mol. The molecule has 1 aliphatic rings. The Bertz CT molecular complexity index is 1190. The molecule has 1 fully saturated rings. The maximum Gasteiger partial charge on any atom is 0.219 e. The Hall–Kier alpha value is -3.19. The summed E-state index contributed by atoms with van der Waals surface area (Å²) in [7, 11) is 0. The predicted molar refractivity (Wildman–Crippen MR) is 136 cm³/mol. The standard InChI is InChI=1S/C26H34N6O/c1-5-6-17(2)28-26-18(3)29-25(27)15-22(26)24-14-21-13-20(7-8-23(21)30-24)16-31-9-11-32(12-10-31)19(4)33/h7-8,13-15,30H,5-6,9-12,16H2,1-4H3,(H2,27,29). The number of benzene rings is 1. The van der Waals surface area contributed by atoms with Gasteiger partial charge in [0.25, 0.3) is 0 Å². The number of nitrogens with two attached hydrogens (primary N) is 1. The molecule has 0 aliphatic carbocycles. The molecule has 1 aromatic carbocycles. The molecular formula is C26H34N6O. The number of hydrogen-bond acceptors (Lipinski definition) is 5. The number of fused-ring (bicyclic) bond motifs is 1. The van der Waals surface area contributed by atoms with Gasteiger partial charge in [0.15, 0.2) is 0 Å². The molecule has 0 bridgehead atoms. The van der Waals surface area contributed by atoms with E-state index in [4.69, 9.17) is 10.7 Å². The Morgan fingerprint density at radius 2 is 1.91 bits per heavy atom. The molecule has 0 unspecified atom stereocenters. The van der Waals surface area contributed by atoms with Crippen molar-refractivity contribution in [3.05, 3.63) is 41.6 Å². The summed E-state index contributed by atoms with van der Waals surface area (Å²) < 4.78 is 0. The number of rotatable bonds is 6. The molecule has 174 valence electrons. The molecule has 1 amide bonds. The van der Waals surface area contributed by atoms with E-state index in [-0.39, 0.29) is 5.91 Å². The van der Waals surface area contributed by atoms with E-state index in [1.807, 2.05) is 17.9 Å². The zero-order chi connectivity index (χ0) is 23.5. The van der Waals surface area contributed by atoms with E-state index >= 15 is 0 Å². The predicted octanol–water partition coefficient (Wildman–Crippen LogP) is 4.68. The number of nitrogen functional groups attached to an aromatic ring is 1. The SMILES string of the molecule is CCCC(C)=Nc1c(-c2cc3cc(CN4CCN(C(C)=O)CC4)ccc3[nH]2)cc(N)nc1C. The first-order valence-corrected chi connectivity index (χ1v) is 11.7. The van der Waals surface area contributed by atoms with Crippen LogP contribution in [0.25, 0.3) is 22.2 Å². The van der Waals surface area contributed by atoms with Crippen LogP contribution in [-0.4, -0.2) is 57.6 Å². The number of H-pyrrole nitrogens is 1. The van der Waals surface area contributed by atoms with Crippen molar-refractivity contribution in [3.63, 3.8) is 0 Å². The summed E-state index contributed by atoms with van der Waals surface area (Å²) in [5.41, 5.74) is 13.2. The van der Waals surface area contributed by atoms with Crippen molar-refractivity contribution in [1.82, 2.24) is 19.8 Å². The largest absolute Gasteiger partial charge is 0.384 e. The Balaban J connectivity index is 1.61. The second kappa shape index (κ2) is 9.75. The van der Waals surface area contributed by atoms with Crippen molar-refractivity contribution in [2.45, 2.75) is 47.1 Å². The molecular weight excluding hydrogens is 412 g/mol. The van der Waals surface area contributed by atoms with E-state index in [1.54, 1.807) is 6.92 Å². The molecule has 2 aromatic heterocycles. The van der Waals surface area contributed by atoms with Gasteiger partial charge in [-0.2, -0.15) is 0 Å². The molecule has 3 heterocycles. The maximum absolute atomic E-state index is 11.6. The number of carbonyl (C=O) groups excluding carboxylic acids is 1. The molecule has 3 aromatic rings. The number of aromatic nitrogens is 2. The molecule has 0 saturated carbocycles. The van der Waals surface area contributed by atoms with E-state index in [0.717, 1.165) is 84.8 Å². The van der Waals surface area contributed by atoms with Gasteiger partial charge >= 0.3 is 0 Å². The van der Waals surface area contributed by atoms with Crippen molar-refractivity contribution in [3.8, 4) is 11.3 Å². The fraction of sp³-hybridized carbons (Fsp3) is 0.423. The first kappa shape index (κ1) is 23.0. The number of hydrogen-bond donors (Lipinski definition) is 2. The number of pyridine rings is 1. The van der Waals surface area contributed by atoms with Gasteiger partial charge in [-0.05, 0) is 50.1 Å². The number of aryl methyl sites for hydroxylation is 1. The number of nitrogens with one attached hydrogen (secondary N) is 1. The summed E-state index contributed by atoms with van der Waals surface area (Å²) in [6.45, 7) is 12.1. The molecule has 0 spiro atoms. The molecule has 1 saturated heterocycles. The number of anilines is 1. The average molecular weight is 447 g/mol. The van der Waals surface area contributed by atoms with Crippen LogP contribution < -0.4 is 5.73 Å². The van der Waals surface area contributed by atoms with Crippen molar-refractivity contribution in [2.75, 3.05) is 31.9 Å². The molecule has 1 aliphatic heterocycles. The lowest BCUT2D eigenvalue weighted by Crippen LogP contribution is -2.47. The highest BCUT2D eigenvalue weighted by Gasteiger charge is 2.19. The van der Waals surface area contributed by atoms with Gasteiger partial charge in [0.2, 0.25) is 5.91 Å². The van der Waals surface area contributed by atoms with E-state index in [1.165, 1.54) is 5.56 Å². The van der Waals surface area contributed by atoms with Crippen LogP contribution in [0, 0.1) is 6.92 Å². The topological polar surface area (TPSA) is 90.6 Å². The first-order valence-electron chi connectivity index (χ1n) is 11.7. The molecule has 0 atom stereocenters. The maximum atomic E-state index is 11.6. The molecule has 0 radical (unpaired) electrons. The lowest BCUT2D eigenvalue weighted by atomic mass is 10.1. The van der Waals surface area contributed by atoms with Crippen molar-refractivity contribution >= 4 is 34.0 Å². The van der Waals surface area contributed by atoms with Gasteiger partial charge in [0.05, 0.1) is 11.4 Å². The summed E-state index contributed by atoms with van der Waals surface area (Å²) in [5.74, 6) is 0.662. The smallest absolute Gasteiger partial charge is 0.219 e. The third kappa shape index (κ3) is 5.25. The fourth-order valence-corrected chi connectivity index (χ4v) is 4.55. The van der Waals surface area contributed by atoms with Crippen molar-refractivity contribution in [2.24, 2.45) is 4.99 Å². The number of aliphatic imine (C=N–C) groups is 1. The van der Waals surface area contributed by atoms with Crippen LogP contribution in [0.4, 0.5) is 11.5 Å². The highest BCUT2D eigenvalue weighted by atomic mass is 16.2. The summed E-state index contributed by atoms with van der Waals surface area (Å²) >= 11 is 0. The number of amides is 1. The minimum absolute atomic E-state index is 0.163. The minimum Gasteiger partial charge on any atom is -0.384 e. The second-order valence-corrected chi connectivity index (χ2v) is 9.01. The number of aromatic amines is 1. The number of carbonyl (C=O) groups is 1. The van der Waals surface area contributed by atoms with Gasteiger partial charge in [0, 0.05) is 67.5 Å². The molecule has 4 rings (SSSR count). The third-order valence-corrected chi connectivity index (χ3v) is 6.30. The third-order valence-electron chi connectivity index (χ3n) is 6.30. The molecule has 33 heavy (non-hydrogen) atoms. The highest BCUT2D eigenvalue weighted by molar-refractivity contribution is 5.92. The van der Waals surface area contributed by atoms with Gasteiger partial charge < -0.3 is 15.6 Å². The first-order chi connectivity index (χ1) is 15.8. The van der Waals surface area contributed by atoms with Crippen LogP contribution in [0.1, 0.15) is 44.9 Å². The molecule has 3 N–H and O–H groups in total. The second-order valence-electron chi connectivity index (χ2n) is 9.01. The zero-order valence-electron chi connectivity index (χ0n) is 20.1. The van der Waals surface area contributed by atoms with Crippen molar-refractivity contribution < 1.29 is 4.79 Å². The van der Waals surface area contributed by atoms with Crippen LogP contribution in [0.3, 0.4) is 0 Å². The van der Waals surface area contributed by atoms with Crippen LogP contribution >= 0.6 is 0 Å². The van der Waals surface area contributed by atoms with Gasteiger partial charge in [-0.3, -0.25) is 14.7 Å². The summed E-state index contributed by atoms with van der Waals surface area (Å²) in [6.07, 6.45) is 2.02. The van der Waals surface area contributed by atoms with Gasteiger partial charge in [-0.1, -0.05) is 19.4 Å². The lowest BCUT2D eigenvalue weighted by molar-refractivity contribution is -0.130. The lowest BCUT2D eigenvalue weighted by Gasteiger charge is -2.34. The summed E-state index contributed by atoms with van der Waals surface area (Å²) in [5, 5.41) is 1.16. The van der Waals surface area contributed by atoms with Crippen LogP contribution in [-0.2, 0) is 11.3 Å². The van der Waals surface area contributed by atoms with Gasteiger partial charge in [-0.25, -0.2) is 4.98 Å². The Labute approximate surface area is 195 Å². The highest BCUT2D eigenvalue weighted by Crippen LogP contribution is 2.35. The number of piperazine rings is 1. The van der Waals surface area contributed by atoms with E-state index < -0.39 is 0 Å². The summed E-state index contributed by atoms with van der Waals surface area (Å²) in [4.78, 5) is 28.8. The van der Waals surface area contributed by atoms with E-state index in [2.05, 4.69) is 53.0 Å².